The first kappa shape index (κ1) is 12.7. The molecule has 0 saturated carbocycles. The molecule has 0 N–H and O–H groups in total. The zero-order valence-electron chi connectivity index (χ0n) is 11.7. The molecule has 7 nitrogen and oxygen atoms in total. The van der Waals surface area contributed by atoms with Gasteiger partial charge in [0.1, 0.15) is 5.69 Å². The van der Waals surface area contributed by atoms with Crippen molar-refractivity contribution in [2.45, 2.75) is 32.4 Å². The van der Waals surface area contributed by atoms with Crippen LogP contribution in [0.3, 0.4) is 0 Å². The molecule has 1 saturated heterocycles. The number of hydrogen-bond acceptors (Lipinski definition) is 6. The lowest BCUT2D eigenvalue weighted by Gasteiger charge is -2.38. The van der Waals surface area contributed by atoms with Crippen LogP contribution in [0, 0.1) is 5.92 Å². The van der Waals surface area contributed by atoms with Gasteiger partial charge in [0.2, 0.25) is 0 Å². The zero-order valence-corrected chi connectivity index (χ0v) is 11.7. The van der Waals surface area contributed by atoms with Crippen LogP contribution in [-0.4, -0.2) is 38.1 Å². The molecule has 1 fully saturated rings. The van der Waals surface area contributed by atoms with E-state index in [1.54, 1.807) is 16.9 Å². The Morgan fingerprint density at radius 2 is 2.24 bits per heavy atom. The van der Waals surface area contributed by atoms with Crippen LogP contribution >= 0.6 is 0 Å². The maximum absolute atomic E-state index is 12.0. The van der Waals surface area contributed by atoms with Gasteiger partial charge in [0.05, 0.1) is 18.4 Å². The van der Waals surface area contributed by atoms with Crippen LogP contribution in [0.15, 0.2) is 21.7 Å². The summed E-state index contributed by atoms with van der Waals surface area (Å²) in [5.74, 6) is 0.481. The summed E-state index contributed by atoms with van der Waals surface area (Å²) in [6.45, 7) is 3.38. The van der Waals surface area contributed by atoms with Gasteiger partial charge in [-0.1, -0.05) is 10.3 Å². The molecule has 0 aromatic carbocycles. The molecule has 7 heteroatoms. The van der Waals surface area contributed by atoms with E-state index < -0.39 is 0 Å². The van der Waals surface area contributed by atoms with Gasteiger partial charge in [-0.25, -0.2) is 9.31 Å². The third-order valence-electron chi connectivity index (χ3n) is 4.28. The van der Waals surface area contributed by atoms with Crippen molar-refractivity contribution >= 4 is 0 Å². The number of aromatic nitrogens is 4. The normalized spacial score (nSPS) is 18.7. The van der Waals surface area contributed by atoms with Crippen molar-refractivity contribution in [2.75, 3.05) is 13.1 Å². The number of nitrogens with zero attached hydrogens (tertiary/aromatic N) is 5. The zero-order chi connectivity index (χ0) is 14.2. The van der Waals surface area contributed by atoms with E-state index in [1.165, 1.54) is 0 Å². The number of fused-ring (bicyclic) bond motifs is 1. The van der Waals surface area contributed by atoms with Crippen molar-refractivity contribution < 1.29 is 4.63 Å². The highest BCUT2D eigenvalue weighted by Gasteiger charge is 2.28. The van der Waals surface area contributed by atoms with E-state index in [1.807, 2.05) is 0 Å². The summed E-state index contributed by atoms with van der Waals surface area (Å²) < 4.78 is 6.23. The number of likely N-dealkylation sites (tertiary alicyclic amines) is 1. The van der Waals surface area contributed by atoms with Crippen LogP contribution in [0.2, 0.25) is 0 Å². The predicted molar refractivity (Wildman–Crippen MR) is 73.6 cm³/mol. The minimum atomic E-state index is 0.0369. The average Bonchev–Trinajstić information content (AvgIpc) is 3.07. The molecule has 0 amide bonds. The third kappa shape index (κ3) is 2.49. The molecule has 0 bridgehead atoms. The topological polar surface area (TPSA) is 77.0 Å². The first-order valence-corrected chi connectivity index (χ1v) is 7.36. The van der Waals surface area contributed by atoms with Crippen LogP contribution < -0.4 is 5.56 Å². The largest absolute Gasteiger partial charge is 0.297 e. The van der Waals surface area contributed by atoms with Crippen LogP contribution in [0.5, 0.6) is 0 Å². The fourth-order valence-corrected chi connectivity index (χ4v) is 3.22. The van der Waals surface area contributed by atoms with Gasteiger partial charge in [-0.3, -0.25) is 9.69 Å². The van der Waals surface area contributed by atoms with Crippen molar-refractivity contribution in [3.63, 3.8) is 0 Å². The lowest BCUT2D eigenvalue weighted by Crippen LogP contribution is -2.49. The highest BCUT2D eigenvalue weighted by atomic mass is 16.6. The van der Waals surface area contributed by atoms with Crippen LogP contribution in [-0.2, 0) is 25.9 Å². The summed E-state index contributed by atoms with van der Waals surface area (Å²) >= 11 is 0. The fraction of sp³-hybridized carbons (Fsp3) is 0.571. The second kappa shape index (κ2) is 5.07. The standard InChI is InChI=1S/C14H17N5O2/c20-14-4-11-2-1-3-13(11)16-19(14)8-10-6-18(7-10)9-12-5-15-21-17-12/h4-5,10H,1-3,6-9H2. The lowest BCUT2D eigenvalue weighted by molar-refractivity contribution is 0.0740. The van der Waals surface area contributed by atoms with Gasteiger partial charge in [0, 0.05) is 31.6 Å². The van der Waals surface area contributed by atoms with Crippen molar-refractivity contribution in [3.8, 4) is 0 Å². The molecule has 0 atom stereocenters. The summed E-state index contributed by atoms with van der Waals surface area (Å²) in [5, 5.41) is 11.9. The van der Waals surface area contributed by atoms with E-state index >= 15 is 0 Å². The minimum absolute atomic E-state index is 0.0369. The Labute approximate surface area is 121 Å². The van der Waals surface area contributed by atoms with E-state index in [0.29, 0.717) is 12.5 Å². The summed E-state index contributed by atoms with van der Waals surface area (Å²) in [6, 6.07) is 1.77. The molecule has 2 aliphatic rings. The van der Waals surface area contributed by atoms with Gasteiger partial charge in [0.15, 0.2) is 0 Å². The van der Waals surface area contributed by atoms with Gasteiger partial charge in [-0.05, 0) is 24.8 Å². The second-order valence-corrected chi connectivity index (χ2v) is 5.95. The van der Waals surface area contributed by atoms with Crippen molar-refractivity contribution in [2.24, 2.45) is 5.92 Å². The lowest BCUT2D eigenvalue weighted by atomic mass is 10.00. The Hall–Kier alpha value is -2.02. The first-order valence-electron chi connectivity index (χ1n) is 7.36. The SMILES string of the molecule is O=c1cc2c(nn1CC1CN(Cc3cnon3)C1)CCC2. The van der Waals surface area contributed by atoms with E-state index in [2.05, 4.69) is 24.9 Å². The third-order valence-corrected chi connectivity index (χ3v) is 4.28. The second-order valence-electron chi connectivity index (χ2n) is 5.95. The Balaban J connectivity index is 1.37. The summed E-state index contributed by atoms with van der Waals surface area (Å²) in [6.07, 6.45) is 4.77. The Morgan fingerprint density at radius 3 is 3.05 bits per heavy atom. The monoisotopic (exact) mass is 287 g/mol. The number of rotatable bonds is 4. The molecule has 0 radical (unpaired) electrons. The minimum Gasteiger partial charge on any atom is -0.297 e. The average molecular weight is 287 g/mol. The fourth-order valence-electron chi connectivity index (χ4n) is 3.22. The molecule has 0 unspecified atom stereocenters. The molecule has 0 spiro atoms. The van der Waals surface area contributed by atoms with E-state index in [4.69, 9.17) is 0 Å². The molecule has 3 heterocycles. The van der Waals surface area contributed by atoms with E-state index in [0.717, 1.165) is 55.8 Å². The van der Waals surface area contributed by atoms with Crippen molar-refractivity contribution in [1.82, 2.24) is 25.0 Å². The molecule has 2 aromatic rings. The maximum atomic E-state index is 12.0. The molecule has 110 valence electrons. The van der Waals surface area contributed by atoms with Gasteiger partial charge in [0.25, 0.3) is 5.56 Å². The quantitative estimate of drug-likeness (QED) is 0.802. The van der Waals surface area contributed by atoms with E-state index in [9.17, 15) is 4.79 Å². The highest BCUT2D eigenvalue weighted by Crippen LogP contribution is 2.20. The number of hydrogen-bond donors (Lipinski definition) is 0. The molecule has 1 aliphatic carbocycles. The van der Waals surface area contributed by atoms with Gasteiger partial charge in [-0.2, -0.15) is 5.10 Å². The van der Waals surface area contributed by atoms with Crippen molar-refractivity contribution in [3.05, 3.63) is 39.6 Å². The first-order chi connectivity index (χ1) is 10.3. The van der Waals surface area contributed by atoms with Gasteiger partial charge in [-0.15, -0.1) is 0 Å². The predicted octanol–water partition coefficient (Wildman–Crippen LogP) is 0.247. The van der Waals surface area contributed by atoms with Crippen LogP contribution in [0.25, 0.3) is 0 Å². The van der Waals surface area contributed by atoms with Crippen LogP contribution in [0.1, 0.15) is 23.4 Å². The van der Waals surface area contributed by atoms with Gasteiger partial charge < -0.3 is 0 Å². The molecular formula is C14H17N5O2. The maximum Gasteiger partial charge on any atom is 0.267 e. The Bertz CT molecular complexity index is 688. The molecule has 4 rings (SSSR count). The summed E-state index contributed by atoms with van der Waals surface area (Å²) in [5.41, 5.74) is 3.14. The molecule has 2 aromatic heterocycles. The smallest absolute Gasteiger partial charge is 0.267 e. The highest BCUT2D eigenvalue weighted by molar-refractivity contribution is 5.22. The Kier molecular flexibility index (Phi) is 3.07. The van der Waals surface area contributed by atoms with Crippen molar-refractivity contribution in [1.29, 1.82) is 0 Å². The van der Waals surface area contributed by atoms with Crippen LogP contribution in [0.4, 0.5) is 0 Å². The van der Waals surface area contributed by atoms with Gasteiger partial charge >= 0.3 is 0 Å². The Morgan fingerprint density at radius 1 is 1.33 bits per heavy atom. The van der Waals surface area contributed by atoms with E-state index in [-0.39, 0.29) is 5.56 Å². The summed E-state index contributed by atoms with van der Waals surface area (Å²) in [4.78, 5) is 14.3. The molecule has 21 heavy (non-hydrogen) atoms. The molecular weight excluding hydrogens is 270 g/mol. The number of aryl methyl sites for hydroxylation is 2. The molecule has 1 aliphatic heterocycles. The summed E-state index contributed by atoms with van der Waals surface area (Å²) in [7, 11) is 0.